The minimum atomic E-state index is 0.584. The van der Waals surface area contributed by atoms with Crippen LogP contribution in [0.4, 0.5) is 0 Å². The van der Waals surface area contributed by atoms with Crippen LogP contribution in [0.2, 0.25) is 0 Å². The highest BCUT2D eigenvalue weighted by Crippen LogP contribution is 2.42. The largest absolute Gasteiger partial charge is 0.456 e. The summed E-state index contributed by atoms with van der Waals surface area (Å²) in [6.07, 6.45) is 0. The molecule has 0 unspecified atom stereocenters. The monoisotopic (exact) mass is 880 g/mol. The van der Waals surface area contributed by atoms with Crippen LogP contribution in [-0.4, -0.2) is 19.5 Å². The molecule has 0 bridgehead atoms. The zero-order valence-electron chi connectivity index (χ0n) is 36.9. The predicted octanol–water partition coefficient (Wildman–Crippen LogP) is 16.9. The van der Waals surface area contributed by atoms with Crippen LogP contribution in [0, 0.1) is 0 Å². The van der Waals surface area contributed by atoms with Crippen LogP contribution in [-0.2, 0) is 0 Å². The van der Waals surface area contributed by atoms with Gasteiger partial charge in [0.15, 0.2) is 17.5 Å². The van der Waals surface area contributed by atoms with Crippen LogP contribution < -0.4 is 0 Å². The van der Waals surface area contributed by atoms with Crippen molar-refractivity contribution in [2.45, 2.75) is 0 Å². The summed E-state index contributed by atoms with van der Waals surface area (Å²) in [5, 5.41) is 13.9. The average molecular weight is 881 g/mol. The molecule has 0 saturated heterocycles. The van der Waals surface area contributed by atoms with Gasteiger partial charge in [0, 0.05) is 54.7 Å². The van der Waals surface area contributed by atoms with Crippen molar-refractivity contribution >= 4 is 98.0 Å². The predicted molar refractivity (Wildman–Crippen MR) is 283 cm³/mol. The quantitative estimate of drug-likeness (QED) is 0.161. The van der Waals surface area contributed by atoms with E-state index >= 15 is 0 Å². The fourth-order valence-electron chi connectivity index (χ4n) is 10.8. The Morgan fingerprint density at radius 2 is 0.696 bits per heavy atom. The number of benzene rings is 11. The van der Waals surface area contributed by atoms with Crippen LogP contribution in [0.1, 0.15) is 0 Å². The minimum Gasteiger partial charge on any atom is -0.456 e. The number of rotatable bonds is 5. The standard InChI is InChI=1S/C63H36N4O2/c1-2-12-37(13-3-1)61-64-62(66-63(65-61)41-23-28-50-48-17-7-10-20-57(48)69-60(50)35-41)40-22-27-45-43-14-4-5-15-44(43)52-36-42(26-29-46(52)51(45)34-40)67-55-19-9-6-16-47(55)53-32-38(24-30-56(53)67)39-25-31-59-54(33-39)49-18-8-11-21-58(49)68-59/h1-36H. The smallest absolute Gasteiger partial charge is 0.164 e. The van der Waals surface area contributed by atoms with Crippen LogP contribution in [0.25, 0.3) is 149 Å². The molecule has 0 spiro atoms. The van der Waals surface area contributed by atoms with Crippen LogP contribution in [0.5, 0.6) is 0 Å². The zero-order chi connectivity index (χ0) is 45.2. The van der Waals surface area contributed by atoms with Gasteiger partial charge in [-0.25, -0.2) is 15.0 Å². The van der Waals surface area contributed by atoms with E-state index in [1.54, 1.807) is 0 Å². The lowest BCUT2D eigenvalue weighted by molar-refractivity contribution is 0.668. The summed E-state index contributed by atoms with van der Waals surface area (Å²) < 4.78 is 14.9. The average Bonchev–Trinajstić information content (AvgIpc) is 4.09. The van der Waals surface area contributed by atoms with Crippen molar-refractivity contribution in [3.8, 4) is 51.0 Å². The van der Waals surface area contributed by atoms with Gasteiger partial charge in [-0.05, 0) is 116 Å². The first-order valence-corrected chi connectivity index (χ1v) is 23.2. The number of fused-ring (bicyclic) bond motifs is 15. The number of aromatic nitrogens is 4. The summed E-state index contributed by atoms with van der Waals surface area (Å²) in [6.45, 7) is 0. The number of hydrogen-bond acceptors (Lipinski definition) is 5. The summed E-state index contributed by atoms with van der Waals surface area (Å²) >= 11 is 0. The lowest BCUT2D eigenvalue weighted by atomic mass is 9.93. The normalized spacial score (nSPS) is 12.1. The molecule has 0 N–H and O–H groups in total. The van der Waals surface area contributed by atoms with E-state index < -0.39 is 0 Å². The van der Waals surface area contributed by atoms with Gasteiger partial charge in [-0.15, -0.1) is 0 Å². The second-order valence-electron chi connectivity index (χ2n) is 17.9. The molecule has 0 atom stereocenters. The fourth-order valence-corrected chi connectivity index (χ4v) is 10.8. The van der Waals surface area contributed by atoms with Crippen molar-refractivity contribution in [1.82, 2.24) is 19.5 Å². The first-order valence-electron chi connectivity index (χ1n) is 23.2. The number of hydrogen-bond donors (Lipinski definition) is 0. The topological polar surface area (TPSA) is 69.9 Å². The van der Waals surface area contributed by atoms with Gasteiger partial charge in [0.25, 0.3) is 0 Å². The summed E-state index contributed by atoms with van der Waals surface area (Å²) in [4.78, 5) is 15.4. The lowest BCUT2D eigenvalue weighted by Gasteiger charge is -2.15. The molecule has 4 aromatic heterocycles. The minimum absolute atomic E-state index is 0.584. The fraction of sp³-hybridized carbons (Fsp3) is 0. The molecule has 0 amide bonds. The Morgan fingerprint density at radius 1 is 0.246 bits per heavy atom. The van der Waals surface area contributed by atoms with E-state index in [9.17, 15) is 0 Å². The van der Waals surface area contributed by atoms with Crippen LogP contribution in [0.3, 0.4) is 0 Å². The van der Waals surface area contributed by atoms with Gasteiger partial charge >= 0.3 is 0 Å². The highest BCUT2D eigenvalue weighted by Gasteiger charge is 2.19. The van der Waals surface area contributed by atoms with Gasteiger partial charge in [-0.2, -0.15) is 0 Å². The molecule has 4 heterocycles. The first-order chi connectivity index (χ1) is 34.2. The van der Waals surface area contributed by atoms with Crippen molar-refractivity contribution in [3.63, 3.8) is 0 Å². The molecule has 15 aromatic rings. The highest BCUT2D eigenvalue weighted by atomic mass is 16.3. The summed E-state index contributed by atoms with van der Waals surface area (Å²) in [6, 6.07) is 77.2. The van der Waals surface area contributed by atoms with Crippen LogP contribution in [0.15, 0.2) is 227 Å². The van der Waals surface area contributed by atoms with Gasteiger partial charge in [0.1, 0.15) is 22.3 Å². The molecule has 0 fully saturated rings. The molecular weight excluding hydrogens is 845 g/mol. The number of furan rings is 2. The third-order valence-corrected chi connectivity index (χ3v) is 14.0. The Labute approximate surface area is 394 Å². The zero-order valence-corrected chi connectivity index (χ0v) is 36.9. The van der Waals surface area contributed by atoms with Gasteiger partial charge in [-0.3, -0.25) is 0 Å². The summed E-state index contributed by atoms with van der Waals surface area (Å²) in [5.41, 5.74) is 11.9. The van der Waals surface area contributed by atoms with Crippen molar-refractivity contribution in [2.75, 3.05) is 0 Å². The second kappa shape index (κ2) is 14.6. The Bertz CT molecular complexity index is 4620. The van der Waals surface area contributed by atoms with E-state index in [0.717, 1.165) is 99.2 Å². The maximum Gasteiger partial charge on any atom is 0.164 e. The molecule has 0 radical (unpaired) electrons. The third-order valence-electron chi connectivity index (χ3n) is 14.0. The molecule has 11 aromatic carbocycles. The maximum absolute atomic E-state index is 6.31. The molecule has 6 heteroatoms. The molecule has 0 saturated carbocycles. The number of para-hydroxylation sites is 3. The van der Waals surface area contributed by atoms with Gasteiger partial charge < -0.3 is 13.4 Å². The Hall–Kier alpha value is -9.39. The molecular formula is C63H36N4O2. The van der Waals surface area contributed by atoms with Crippen molar-refractivity contribution < 1.29 is 8.83 Å². The molecule has 15 rings (SSSR count). The second-order valence-corrected chi connectivity index (χ2v) is 17.9. The van der Waals surface area contributed by atoms with Gasteiger partial charge in [0.05, 0.1) is 11.0 Å². The third kappa shape index (κ3) is 5.82. The lowest BCUT2D eigenvalue weighted by Crippen LogP contribution is -2.00. The van der Waals surface area contributed by atoms with E-state index in [4.69, 9.17) is 23.8 Å². The first kappa shape index (κ1) is 37.8. The molecule has 0 aliphatic carbocycles. The number of nitrogens with zero attached hydrogens (tertiary/aromatic N) is 4. The molecule has 320 valence electrons. The Balaban J connectivity index is 0.893. The van der Waals surface area contributed by atoms with E-state index in [0.29, 0.717) is 17.5 Å². The van der Waals surface area contributed by atoms with Crippen molar-refractivity contribution in [1.29, 1.82) is 0 Å². The van der Waals surface area contributed by atoms with Gasteiger partial charge in [0.2, 0.25) is 0 Å². The maximum atomic E-state index is 6.31. The van der Waals surface area contributed by atoms with E-state index in [-0.39, 0.29) is 0 Å². The van der Waals surface area contributed by atoms with E-state index in [1.165, 1.54) is 32.3 Å². The van der Waals surface area contributed by atoms with Crippen molar-refractivity contribution in [3.05, 3.63) is 218 Å². The Morgan fingerprint density at radius 3 is 1.46 bits per heavy atom. The van der Waals surface area contributed by atoms with Crippen molar-refractivity contribution in [2.24, 2.45) is 0 Å². The summed E-state index contributed by atoms with van der Waals surface area (Å²) in [7, 11) is 0. The van der Waals surface area contributed by atoms with Gasteiger partial charge in [-0.1, -0.05) is 146 Å². The SMILES string of the molecule is c1ccc(-c2nc(-c3ccc4c(c3)oc3ccccc34)nc(-c3ccc4c5ccccc5c5cc(-n6c7ccccc7c7cc(-c8ccc9oc%10ccccc%10c9c8)ccc76)ccc5c4c3)n2)cc1. The molecule has 0 aliphatic heterocycles. The summed E-state index contributed by atoms with van der Waals surface area (Å²) in [5.74, 6) is 1.80. The molecule has 0 aliphatic rings. The highest BCUT2D eigenvalue weighted by molar-refractivity contribution is 6.26. The van der Waals surface area contributed by atoms with E-state index in [1.807, 2.05) is 66.7 Å². The van der Waals surface area contributed by atoms with E-state index in [2.05, 4.69) is 156 Å². The molecule has 6 nitrogen and oxygen atoms in total. The van der Waals surface area contributed by atoms with Crippen LogP contribution >= 0.6 is 0 Å². The molecule has 69 heavy (non-hydrogen) atoms. The Kier molecular flexibility index (Phi) is 7.97.